The van der Waals surface area contributed by atoms with Crippen molar-refractivity contribution in [1.82, 2.24) is 4.90 Å². The van der Waals surface area contributed by atoms with Crippen molar-refractivity contribution in [2.24, 2.45) is 0 Å². The van der Waals surface area contributed by atoms with Crippen LogP contribution in [0.5, 0.6) is 5.75 Å². The molecule has 0 aliphatic heterocycles. The lowest BCUT2D eigenvalue weighted by Crippen LogP contribution is -2.16. The highest BCUT2D eigenvalue weighted by molar-refractivity contribution is 8.13. The van der Waals surface area contributed by atoms with Gasteiger partial charge in [0.1, 0.15) is 10.6 Å². The second kappa shape index (κ2) is 7.06. The molecule has 0 aromatic heterocycles. The lowest BCUT2D eigenvalue weighted by Gasteiger charge is -2.14. The number of rotatable bonds is 7. The number of aryl methyl sites for hydroxylation is 1. The Balaban J connectivity index is 3.10. The van der Waals surface area contributed by atoms with Crippen LogP contribution in [-0.4, -0.2) is 45.5 Å². The number of nitro groups is 1. The molecule has 0 saturated heterocycles. The molecular weight excluding hydrogens is 320 g/mol. The molecule has 0 radical (unpaired) electrons. The average molecular weight is 337 g/mol. The van der Waals surface area contributed by atoms with E-state index in [4.69, 9.17) is 15.4 Å². The standard InChI is InChI=1S/C12H17ClN2O5S/c1-9-7-10(15(16)17)8-11(21(13,18)19)12(9)20-6-4-5-14(2)3/h7-8H,4-6H2,1-3H3. The third-order valence-electron chi connectivity index (χ3n) is 2.69. The first-order valence-electron chi connectivity index (χ1n) is 6.14. The monoisotopic (exact) mass is 336 g/mol. The Kier molecular flexibility index (Phi) is 5.94. The number of ether oxygens (including phenoxy) is 1. The zero-order chi connectivity index (χ0) is 16.2. The van der Waals surface area contributed by atoms with Gasteiger partial charge in [0.05, 0.1) is 11.5 Å². The van der Waals surface area contributed by atoms with Crippen LogP contribution in [0.4, 0.5) is 5.69 Å². The molecule has 0 aliphatic rings. The van der Waals surface area contributed by atoms with Crippen LogP contribution in [0, 0.1) is 17.0 Å². The van der Waals surface area contributed by atoms with Gasteiger partial charge in [-0.1, -0.05) is 0 Å². The van der Waals surface area contributed by atoms with Crippen molar-refractivity contribution in [3.05, 3.63) is 27.8 Å². The summed E-state index contributed by atoms with van der Waals surface area (Å²) in [6.07, 6.45) is 0.686. The van der Waals surface area contributed by atoms with E-state index < -0.39 is 14.0 Å². The summed E-state index contributed by atoms with van der Waals surface area (Å²) in [5, 5.41) is 10.8. The minimum absolute atomic E-state index is 0.0642. The molecule has 0 aliphatic carbocycles. The van der Waals surface area contributed by atoms with Crippen molar-refractivity contribution in [2.45, 2.75) is 18.2 Å². The van der Waals surface area contributed by atoms with Crippen molar-refractivity contribution in [1.29, 1.82) is 0 Å². The molecule has 0 heterocycles. The van der Waals surface area contributed by atoms with E-state index >= 15 is 0 Å². The Labute approximate surface area is 128 Å². The predicted molar refractivity (Wildman–Crippen MR) is 79.5 cm³/mol. The molecule has 0 saturated carbocycles. The Bertz CT molecular complexity index is 631. The van der Waals surface area contributed by atoms with Crippen LogP contribution in [0.2, 0.25) is 0 Å². The second-order valence-corrected chi connectivity index (χ2v) is 7.32. The van der Waals surface area contributed by atoms with E-state index in [1.54, 1.807) is 6.92 Å². The van der Waals surface area contributed by atoms with Crippen LogP contribution in [-0.2, 0) is 9.05 Å². The number of benzene rings is 1. The Morgan fingerprint density at radius 3 is 2.48 bits per heavy atom. The van der Waals surface area contributed by atoms with E-state index in [0.29, 0.717) is 12.0 Å². The zero-order valence-corrected chi connectivity index (χ0v) is 13.6. The van der Waals surface area contributed by atoms with Gasteiger partial charge in [0.25, 0.3) is 14.7 Å². The fraction of sp³-hybridized carbons (Fsp3) is 0.500. The molecule has 0 unspecified atom stereocenters. The molecule has 1 aromatic carbocycles. The highest BCUT2D eigenvalue weighted by Gasteiger charge is 2.23. The molecule has 0 spiro atoms. The molecule has 21 heavy (non-hydrogen) atoms. The number of nitrogens with zero attached hydrogens (tertiary/aromatic N) is 2. The fourth-order valence-corrected chi connectivity index (χ4v) is 2.80. The molecule has 7 nitrogen and oxygen atoms in total. The van der Waals surface area contributed by atoms with Gasteiger partial charge in [-0.3, -0.25) is 10.1 Å². The fourth-order valence-electron chi connectivity index (χ4n) is 1.75. The molecule has 0 bridgehead atoms. The van der Waals surface area contributed by atoms with Crippen LogP contribution >= 0.6 is 10.7 Å². The van der Waals surface area contributed by atoms with E-state index in [-0.39, 0.29) is 22.9 Å². The van der Waals surface area contributed by atoms with Gasteiger partial charge >= 0.3 is 0 Å². The van der Waals surface area contributed by atoms with E-state index in [9.17, 15) is 18.5 Å². The topological polar surface area (TPSA) is 89.8 Å². The largest absolute Gasteiger partial charge is 0.492 e. The molecule has 0 atom stereocenters. The zero-order valence-electron chi connectivity index (χ0n) is 12.0. The van der Waals surface area contributed by atoms with Crippen LogP contribution in [0.15, 0.2) is 17.0 Å². The maximum Gasteiger partial charge on any atom is 0.271 e. The van der Waals surface area contributed by atoms with E-state index in [0.717, 1.165) is 12.6 Å². The van der Waals surface area contributed by atoms with E-state index in [1.807, 2.05) is 19.0 Å². The highest BCUT2D eigenvalue weighted by Crippen LogP contribution is 2.34. The van der Waals surface area contributed by atoms with Crippen molar-refractivity contribution in [3.8, 4) is 5.75 Å². The second-order valence-electron chi connectivity index (χ2n) is 4.79. The normalized spacial score (nSPS) is 11.7. The summed E-state index contributed by atoms with van der Waals surface area (Å²) in [6.45, 7) is 2.60. The summed E-state index contributed by atoms with van der Waals surface area (Å²) in [6, 6.07) is 2.17. The van der Waals surface area contributed by atoms with E-state index in [1.165, 1.54) is 6.07 Å². The maximum absolute atomic E-state index is 11.6. The van der Waals surface area contributed by atoms with Gasteiger partial charge < -0.3 is 9.64 Å². The van der Waals surface area contributed by atoms with Gasteiger partial charge in [-0.25, -0.2) is 8.42 Å². The molecular formula is C12H17ClN2O5S. The predicted octanol–water partition coefficient (Wildman–Crippen LogP) is 2.16. The quantitative estimate of drug-likeness (QED) is 0.328. The van der Waals surface area contributed by atoms with Crippen molar-refractivity contribution < 1.29 is 18.1 Å². The van der Waals surface area contributed by atoms with Crippen molar-refractivity contribution in [3.63, 3.8) is 0 Å². The lowest BCUT2D eigenvalue weighted by molar-refractivity contribution is -0.385. The Morgan fingerprint density at radius 1 is 1.38 bits per heavy atom. The Morgan fingerprint density at radius 2 is 2.00 bits per heavy atom. The SMILES string of the molecule is Cc1cc([N+](=O)[O-])cc(S(=O)(=O)Cl)c1OCCCN(C)C. The number of hydrogen-bond donors (Lipinski definition) is 0. The minimum atomic E-state index is -4.13. The van der Waals surface area contributed by atoms with Crippen LogP contribution < -0.4 is 4.74 Å². The molecule has 1 aromatic rings. The number of nitro benzene ring substituents is 1. The first kappa shape index (κ1) is 17.7. The minimum Gasteiger partial charge on any atom is -0.492 e. The summed E-state index contributed by atoms with van der Waals surface area (Å²) < 4.78 is 28.6. The van der Waals surface area contributed by atoms with Gasteiger partial charge in [-0.15, -0.1) is 0 Å². The van der Waals surface area contributed by atoms with Crippen molar-refractivity contribution >= 4 is 25.4 Å². The van der Waals surface area contributed by atoms with Crippen LogP contribution in [0.3, 0.4) is 0 Å². The van der Waals surface area contributed by atoms with Crippen molar-refractivity contribution in [2.75, 3.05) is 27.2 Å². The number of hydrogen-bond acceptors (Lipinski definition) is 6. The van der Waals surface area contributed by atoms with Gasteiger partial charge in [0.2, 0.25) is 0 Å². The third kappa shape index (κ3) is 5.14. The summed E-state index contributed by atoms with van der Waals surface area (Å²) >= 11 is 0. The third-order valence-corrected chi connectivity index (χ3v) is 4.02. The molecule has 0 N–H and O–H groups in total. The van der Waals surface area contributed by atoms with Crippen LogP contribution in [0.25, 0.3) is 0 Å². The number of non-ortho nitro benzene ring substituents is 1. The van der Waals surface area contributed by atoms with Crippen LogP contribution in [0.1, 0.15) is 12.0 Å². The summed E-state index contributed by atoms with van der Waals surface area (Å²) in [5.74, 6) is 0.0642. The maximum atomic E-state index is 11.6. The van der Waals surface area contributed by atoms with E-state index in [2.05, 4.69) is 0 Å². The molecule has 1 rings (SSSR count). The first-order valence-corrected chi connectivity index (χ1v) is 8.45. The van der Waals surface area contributed by atoms with Gasteiger partial charge in [0, 0.05) is 29.4 Å². The smallest absolute Gasteiger partial charge is 0.271 e. The Hall–Kier alpha value is -1.38. The molecule has 0 amide bonds. The lowest BCUT2D eigenvalue weighted by atomic mass is 10.2. The van der Waals surface area contributed by atoms with Gasteiger partial charge in [-0.2, -0.15) is 0 Å². The average Bonchev–Trinajstić information content (AvgIpc) is 2.33. The summed E-state index contributed by atoms with van der Waals surface area (Å²) in [7, 11) is 5.02. The van der Waals surface area contributed by atoms with Gasteiger partial charge in [0.15, 0.2) is 0 Å². The molecule has 9 heteroatoms. The van der Waals surface area contributed by atoms with Gasteiger partial charge in [-0.05, 0) is 33.0 Å². The first-order chi connectivity index (χ1) is 9.62. The summed E-state index contributed by atoms with van der Waals surface area (Å²) in [4.78, 5) is 11.7. The highest BCUT2D eigenvalue weighted by atomic mass is 35.7. The molecule has 0 fully saturated rings. The number of halogens is 1. The summed E-state index contributed by atoms with van der Waals surface area (Å²) in [5.41, 5.74) is 0.0145. The molecule has 118 valence electrons.